The minimum Gasteiger partial charge on any atom is -0.379 e. The van der Waals surface area contributed by atoms with Crippen molar-refractivity contribution in [1.29, 1.82) is 0 Å². The molecule has 3 rings (SSSR count). The number of H-pyrrole nitrogens is 1. The standard InChI is InChI=1S/C18H23N3O3/c1-3-23-12-15-11-21(8-9-24-15)18(22)17-10-16(19-20-17)14-6-4-13(2)5-7-14/h4-7,10,15H,3,8-9,11-12H2,1-2H3,(H,19,20). The second-order valence-corrected chi connectivity index (χ2v) is 5.94. The maximum Gasteiger partial charge on any atom is 0.272 e. The minimum absolute atomic E-state index is 0.0503. The zero-order chi connectivity index (χ0) is 16.9. The lowest BCUT2D eigenvalue weighted by atomic mass is 10.1. The smallest absolute Gasteiger partial charge is 0.272 e. The van der Waals surface area contributed by atoms with Gasteiger partial charge in [-0.25, -0.2) is 0 Å². The second kappa shape index (κ2) is 7.59. The maximum absolute atomic E-state index is 12.7. The number of carbonyl (C=O) groups is 1. The molecular weight excluding hydrogens is 306 g/mol. The van der Waals surface area contributed by atoms with Crippen molar-refractivity contribution in [1.82, 2.24) is 15.1 Å². The number of morpholine rings is 1. The number of amides is 1. The van der Waals surface area contributed by atoms with E-state index in [1.54, 1.807) is 11.0 Å². The van der Waals surface area contributed by atoms with E-state index in [1.165, 1.54) is 5.56 Å². The summed E-state index contributed by atoms with van der Waals surface area (Å²) in [6, 6.07) is 9.89. The van der Waals surface area contributed by atoms with Crippen molar-refractivity contribution < 1.29 is 14.3 Å². The summed E-state index contributed by atoms with van der Waals surface area (Å²) in [5.41, 5.74) is 3.46. The molecule has 1 atom stereocenters. The SMILES string of the molecule is CCOCC1CN(C(=O)c2cc(-c3ccc(C)cc3)n[nH]2)CCO1. The summed E-state index contributed by atoms with van der Waals surface area (Å²) in [6.07, 6.45) is -0.0675. The molecule has 0 bridgehead atoms. The Morgan fingerprint density at radius 1 is 1.42 bits per heavy atom. The summed E-state index contributed by atoms with van der Waals surface area (Å²) in [7, 11) is 0. The third kappa shape index (κ3) is 3.83. The molecule has 2 heterocycles. The molecule has 6 nitrogen and oxygen atoms in total. The molecule has 0 spiro atoms. The molecule has 0 saturated carbocycles. The Hall–Kier alpha value is -2.18. The van der Waals surface area contributed by atoms with Gasteiger partial charge in [-0.2, -0.15) is 5.10 Å². The molecule has 1 amide bonds. The Balaban J connectivity index is 1.68. The Morgan fingerprint density at radius 2 is 2.21 bits per heavy atom. The number of carbonyl (C=O) groups excluding carboxylic acids is 1. The average Bonchev–Trinajstić information content (AvgIpc) is 3.10. The molecule has 6 heteroatoms. The van der Waals surface area contributed by atoms with Crippen LogP contribution in [0.5, 0.6) is 0 Å². The minimum atomic E-state index is -0.0675. The Labute approximate surface area is 141 Å². The molecule has 0 radical (unpaired) electrons. The number of aromatic amines is 1. The van der Waals surface area contributed by atoms with Gasteiger partial charge in [0.25, 0.3) is 5.91 Å². The molecule has 0 aliphatic carbocycles. The van der Waals surface area contributed by atoms with Gasteiger partial charge in [0.1, 0.15) is 5.69 Å². The van der Waals surface area contributed by atoms with Crippen LogP contribution in [0.15, 0.2) is 30.3 Å². The largest absolute Gasteiger partial charge is 0.379 e. The van der Waals surface area contributed by atoms with Crippen LogP contribution in [-0.2, 0) is 9.47 Å². The van der Waals surface area contributed by atoms with Crippen LogP contribution in [0.1, 0.15) is 23.0 Å². The first-order valence-corrected chi connectivity index (χ1v) is 8.28. The van der Waals surface area contributed by atoms with Crippen LogP contribution in [0.3, 0.4) is 0 Å². The van der Waals surface area contributed by atoms with E-state index in [-0.39, 0.29) is 12.0 Å². The summed E-state index contributed by atoms with van der Waals surface area (Å²) in [6.45, 7) is 6.80. The average molecular weight is 329 g/mol. The van der Waals surface area contributed by atoms with Gasteiger partial charge in [0.05, 0.1) is 25.0 Å². The lowest BCUT2D eigenvalue weighted by Gasteiger charge is -2.32. The van der Waals surface area contributed by atoms with Crippen molar-refractivity contribution in [3.05, 3.63) is 41.6 Å². The fourth-order valence-electron chi connectivity index (χ4n) is 2.73. The van der Waals surface area contributed by atoms with E-state index in [2.05, 4.69) is 10.2 Å². The third-order valence-corrected chi connectivity index (χ3v) is 4.09. The number of nitrogens with one attached hydrogen (secondary N) is 1. The molecule has 1 unspecified atom stereocenters. The van der Waals surface area contributed by atoms with Crippen molar-refractivity contribution in [2.75, 3.05) is 32.9 Å². The predicted octanol–water partition coefficient (Wildman–Crippen LogP) is 2.26. The van der Waals surface area contributed by atoms with Gasteiger partial charge >= 0.3 is 0 Å². The van der Waals surface area contributed by atoms with Gasteiger partial charge in [0.15, 0.2) is 0 Å². The molecule has 1 aromatic carbocycles. The van der Waals surface area contributed by atoms with E-state index in [4.69, 9.17) is 9.47 Å². The number of aromatic nitrogens is 2. The van der Waals surface area contributed by atoms with Crippen LogP contribution >= 0.6 is 0 Å². The molecule has 1 aromatic heterocycles. The normalized spacial score (nSPS) is 17.9. The molecule has 128 valence electrons. The van der Waals surface area contributed by atoms with Crippen molar-refractivity contribution in [2.24, 2.45) is 0 Å². The fourth-order valence-corrected chi connectivity index (χ4v) is 2.73. The van der Waals surface area contributed by atoms with E-state index in [0.717, 1.165) is 11.3 Å². The summed E-state index contributed by atoms with van der Waals surface area (Å²) in [4.78, 5) is 14.5. The number of benzene rings is 1. The summed E-state index contributed by atoms with van der Waals surface area (Å²) >= 11 is 0. The van der Waals surface area contributed by atoms with Crippen LogP contribution < -0.4 is 0 Å². The first-order valence-electron chi connectivity index (χ1n) is 8.28. The molecule has 1 fully saturated rings. The number of hydrogen-bond acceptors (Lipinski definition) is 4. The Morgan fingerprint density at radius 3 is 2.96 bits per heavy atom. The third-order valence-electron chi connectivity index (χ3n) is 4.09. The van der Waals surface area contributed by atoms with E-state index in [0.29, 0.717) is 38.6 Å². The quantitative estimate of drug-likeness (QED) is 0.914. The molecule has 1 aliphatic heterocycles. The van der Waals surface area contributed by atoms with Crippen molar-refractivity contribution in [3.8, 4) is 11.3 Å². The first kappa shape index (κ1) is 16.7. The number of hydrogen-bond donors (Lipinski definition) is 1. The Bertz CT molecular complexity index is 681. The Kier molecular flexibility index (Phi) is 5.27. The zero-order valence-electron chi connectivity index (χ0n) is 14.1. The lowest BCUT2D eigenvalue weighted by Crippen LogP contribution is -2.47. The summed E-state index contributed by atoms with van der Waals surface area (Å²) < 4.78 is 11.0. The van der Waals surface area contributed by atoms with E-state index in [9.17, 15) is 4.79 Å². The van der Waals surface area contributed by atoms with E-state index >= 15 is 0 Å². The van der Waals surface area contributed by atoms with Crippen LogP contribution in [0.4, 0.5) is 0 Å². The van der Waals surface area contributed by atoms with Gasteiger partial charge in [-0.15, -0.1) is 0 Å². The lowest BCUT2D eigenvalue weighted by molar-refractivity contribution is -0.0598. The van der Waals surface area contributed by atoms with Crippen LogP contribution in [0.25, 0.3) is 11.3 Å². The molecule has 2 aromatic rings. The van der Waals surface area contributed by atoms with Crippen LogP contribution in [0, 0.1) is 6.92 Å². The number of aryl methyl sites for hydroxylation is 1. The number of ether oxygens (including phenoxy) is 2. The van der Waals surface area contributed by atoms with Gasteiger partial charge in [-0.1, -0.05) is 29.8 Å². The second-order valence-electron chi connectivity index (χ2n) is 5.94. The molecule has 1 N–H and O–H groups in total. The zero-order valence-corrected chi connectivity index (χ0v) is 14.1. The number of rotatable bonds is 5. The van der Waals surface area contributed by atoms with E-state index < -0.39 is 0 Å². The van der Waals surface area contributed by atoms with Crippen LogP contribution in [-0.4, -0.2) is 60.0 Å². The van der Waals surface area contributed by atoms with Crippen molar-refractivity contribution in [3.63, 3.8) is 0 Å². The molecule has 1 aliphatic rings. The molecular formula is C18H23N3O3. The van der Waals surface area contributed by atoms with Crippen molar-refractivity contribution >= 4 is 5.91 Å². The van der Waals surface area contributed by atoms with Gasteiger partial charge in [0.2, 0.25) is 0 Å². The van der Waals surface area contributed by atoms with Gasteiger partial charge < -0.3 is 14.4 Å². The molecule has 1 saturated heterocycles. The van der Waals surface area contributed by atoms with E-state index in [1.807, 2.05) is 38.1 Å². The van der Waals surface area contributed by atoms with Gasteiger partial charge in [-0.3, -0.25) is 9.89 Å². The topological polar surface area (TPSA) is 67.5 Å². The highest BCUT2D eigenvalue weighted by Crippen LogP contribution is 2.19. The van der Waals surface area contributed by atoms with Crippen LogP contribution in [0.2, 0.25) is 0 Å². The highest BCUT2D eigenvalue weighted by molar-refractivity contribution is 5.93. The first-order chi connectivity index (χ1) is 11.7. The predicted molar refractivity (Wildman–Crippen MR) is 90.9 cm³/mol. The fraction of sp³-hybridized carbons (Fsp3) is 0.444. The summed E-state index contributed by atoms with van der Waals surface area (Å²) in [5, 5.41) is 7.13. The highest BCUT2D eigenvalue weighted by Gasteiger charge is 2.26. The van der Waals surface area contributed by atoms with Gasteiger partial charge in [-0.05, 0) is 19.9 Å². The molecule has 24 heavy (non-hydrogen) atoms. The van der Waals surface area contributed by atoms with Gasteiger partial charge in [0, 0.05) is 25.3 Å². The summed E-state index contributed by atoms with van der Waals surface area (Å²) in [5.74, 6) is -0.0503. The maximum atomic E-state index is 12.7. The number of nitrogens with zero attached hydrogens (tertiary/aromatic N) is 2. The highest BCUT2D eigenvalue weighted by atomic mass is 16.5. The monoisotopic (exact) mass is 329 g/mol. The van der Waals surface area contributed by atoms with Crippen molar-refractivity contribution in [2.45, 2.75) is 20.0 Å².